The van der Waals surface area contributed by atoms with Crippen LogP contribution < -0.4 is 10.2 Å². The van der Waals surface area contributed by atoms with E-state index in [1.807, 2.05) is 24.4 Å². The summed E-state index contributed by atoms with van der Waals surface area (Å²) in [6, 6.07) is 12.0. The van der Waals surface area contributed by atoms with E-state index in [0.29, 0.717) is 0 Å². The molecule has 0 aliphatic rings. The van der Waals surface area contributed by atoms with Crippen LogP contribution in [0.2, 0.25) is 5.02 Å². The third-order valence-electron chi connectivity index (χ3n) is 3.07. The van der Waals surface area contributed by atoms with Crippen LogP contribution >= 0.6 is 11.6 Å². The summed E-state index contributed by atoms with van der Waals surface area (Å²) >= 11 is 5.90. The van der Waals surface area contributed by atoms with Gasteiger partial charge in [0, 0.05) is 43.1 Å². The van der Waals surface area contributed by atoms with Crippen LogP contribution in [0.3, 0.4) is 0 Å². The van der Waals surface area contributed by atoms with Crippen LogP contribution in [0.1, 0.15) is 18.9 Å². The minimum absolute atomic E-state index is 0.770. The topological polar surface area (TPSA) is 28.2 Å². The SMILES string of the molecule is CCCNc1cc(N(C)Cc2ccc(Cl)cc2)ccn1. The van der Waals surface area contributed by atoms with Crippen LogP contribution in [-0.4, -0.2) is 18.6 Å². The van der Waals surface area contributed by atoms with Gasteiger partial charge in [0.25, 0.3) is 0 Å². The smallest absolute Gasteiger partial charge is 0.127 e. The first-order valence-electron chi connectivity index (χ1n) is 6.84. The predicted octanol–water partition coefficient (Wildman–Crippen LogP) is 4.19. The van der Waals surface area contributed by atoms with Gasteiger partial charge in [0.05, 0.1) is 0 Å². The Bertz CT molecular complexity index is 540. The van der Waals surface area contributed by atoms with Crippen LogP contribution in [0.5, 0.6) is 0 Å². The van der Waals surface area contributed by atoms with E-state index >= 15 is 0 Å². The minimum Gasteiger partial charge on any atom is -0.370 e. The van der Waals surface area contributed by atoms with Crippen molar-refractivity contribution in [2.24, 2.45) is 0 Å². The van der Waals surface area contributed by atoms with E-state index in [1.54, 1.807) is 0 Å². The first kappa shape index (κ1) is 14.7. The fourth-order valence-electron chi connectivity index (χ4n) is 1.96. The van der Waals surface area contributed by atoms with Gasteiger partial charge >= 0.3 is 0 Å². The summed E-state index contributed by atoms with van der Waals surface area (Å²) in [5.41, 5.74) is 2.38. The Morgan fingerprint density at radius 2 is 1.95 bits per heavy atom. The number of rotatable bonds is 6. The molecule has 1 N–H and O–H groups in total. The van der Waals surface area contributed by atoms with Gasteiger partial charge in [-0.1, -0.05) is 30.7 Å². The molecule has 0 radical (unpaired) electrons. The van der Waals surface area contributed by atoms with Crippen molar-refractivity contribution in [1.29, 1.82) is 0 Å². The van der Waals surface area contributed by atoms with Gasteiger partial charge in [-0.2, -0.15) is 0 Å². The summed E-state index contributed by atoms with van der Waals surface area (Å²) in [6.45, 7) is 3.93. The van der Waals surface area contributed by atoms with Crippen LogP contribution in [0.15, 0.2) is 42.6 Å². The molecule has 0 saturated carbocycles. The van der Waals surface area contributed by atoms with Gasteiger partial charge in [-0.3, -0.25) is 0 Å². The zero-order valence-corrected chi connectivity index (χ0v) is 12.7. The molecule has 0 amide bonds. The van der Waals surface area contributed by atoms with E-state index in [-0.39, 0.29) is 0 Å². The molecule has 0 fully saturated rings. The number of anilines is 2. The number of hydrogen-bond donors (Lipinski definition) is 1. The summed E-state index contributed by atoms with van der Waals surface area (Å²) in [4.78, 5) is 6.52. The molecule has 0 spiro atoms. The quantitative estimate of drug-likeness (QED) is 0.864. The van der Waals surface area contributed by atoms with E-state index in [2.05, 4.69) is 47.4 Å². The van der Waals surface area contributed by atoms with Crippen molar-refractivity contribution < 1.29 is 0 Å². The van der Waals surface area contributed by atoms with Crippen LogP contribution in [-0.2, 0) is 6.54 Å². The standard InChI is InChI=1S/C16H20ClN3/c1-3-9-18-16-11-15(8-10-19-16)20(2)12-13-4-6-14(17)7-5-13/h4-8,10-11H,3,9,12H2,1-2H3,(H,18,19). The zero-order chi connectivity index (χ0) is 14.4. The maximum Gasteiger partial charge on any atom is 0.127 e. The lowest BCUT2D eigenvalue weighted by atomic mass is 10.2. The Balaban J connectivity index is 2.04. The van der Waals surface area contributed by atoms with Crippen molar-refractivity contribution in [3.8, 4) is 0 Å². The number of aromatic nitrogens is 1. The summed E-state index contributed by atoms with van der Waals surface area (Å²) in [7, 11) is 2.08. The molecule has 3 nitrogen and oxygen atoms in total. The first-order chi connectivity index (χ1) is 9.69. The number of hydrogen-bond acceptors (Lipinski definition) is 3. The summed E-state index contributed by atoms with van der Waals surface area (Å²) in [5.74, 6) is 0.923. The van der Waals surface area contributed by atoms with E-state index in [1.165, 1.54) is 5.56 Å². The molecule has 0 atom stereocenters. The molecule has 2 aromatic rings. The number of benzene rings is 1. The molecule has 4 heteroatoms. The highest BCUT2D eigenvalue weighted by Crippen LogP contribution is 2.19. The molecule has 0 bridgehead atoms. The molecular weight excluding hydrogens is 270 g/mol. The van der Waals surface area contributed by atoms with Crippen molar-refractivity contribution in [3.63, 3.8) is 0 Å². The summed E-state index contributed by atoms with van der Waals surface area (Å²) in [6.07, 6.45) is 2.93. The van der Waals surface area contributed by atoms with Gasteiger partial charge in [-0.05, 0) is 30.2 Å². The molecule has 2 rings (SSSR count). The van der Waals surface area contributed by atoms with Gasteiger partial charge in [0.2, 0.25) is 0 Å². The molecule has 0 aliphatic carbocycles. The summed E-state index contributed by atoms with van der Waals surface area (Å²) in [5, 5.41) is 4.08. The van der Waals surface area contributed by atoms with Crippen molar-refractivity contribution in [2.45, 2.75) is 19.9 Å². The van der Waals surface area contributed by atoms with Crippen LogP contribution in [0.25, 0.3) is 0 Å². The molecule has 1 heterocycles. The highest BCUT2D eigenvalue weighted by Gasteiger charge is 2.04. The lowest BCUT2D eigenvalue weighted by Gasteiger charge is -2.20. The highest BCUT2D eigenvalue weighted by atomic mass is 35.5. The maximum atomic E-state index is 5.90. The Kier molecular flexibility index (Phi) is 5.24. The van der Waals surface area contributed by atoms with E-state index < -0.39 is 0 Å². The van der Waals surface area contributed by atoms with Crippen LogP contribution in [0.4, 0.5) is 11.5 Å². The number of pyridine rings is 1. The molecule has 1 aromatic heterocycles. The third-order valence-corrected chi connectivity index (χ3v) is 3.33. The second-order valence-electron chi connectivity index (χ2n) is 4.81. The fourth-order valence-corrected chi connectivity index (χ4v) is 2.09. The molecule has 0 aliphatic heterocycles. The Morgan fingerprint density at radius 3 is 2.65 bits per heavy atom. The Hall–Kier alpha value is -1.74. The second kappa shape index (κ2) is 7.15. The van der Waals surface area contributed by atoms with Gasteiger partial charge in [-0.15, -0.1) is 0 Å². The second-order valence-corrected chi connectivity index (χ2v) is 5.25. The lowest BCUT2D eigenvalue weighted by Crippen LogP contribution is -2.16. The average Bonchev–Trinajstić information content (AvgIpc) is 2.48. The predicted molar refractivity (Wildman–Crippen MR) is 86.6 cm³/mol. The minimum atomic E-state index is 0.770. The number of nitrogens with one attached hydrogen (secondary N) is 1. The van der Waals surface area contributed by atoms with Gasteiger partial charge in [0.1, 0.15) is 5.82 Å². The molecule has 20 heavy (non-hydrogen) atoms. The maximum absolute atomic E-state index is 5.90. The highest BCUT2D eigenvalue weighted by molar-refractivity contribution is 6.30. The van der Waals surface area contributed by atoms with E-state index in [9.17, 15) is 0 Å². The molecule has 0 unspecified atom stereocenters. The lowest BCUT2D eigenvalue weighted by molar-refractivity contribution is 0.918. The monoisotopic (exact) mass is 289 g/mol. The number of halogens is 1. The first-order valence-corrected chi connectivity index (χ1v) is 7.22. The largest absolute Gasteiger partial charge is 0.370 e. The zero-order valence-electron chi connectivity index (χ0n) is 11.9. The number of nitrogens with zero attached hydrogens (tertiary/aromatic N) is 2. The van der Waals surface area contributed by atoms with Crippen LogP contribution in [0, 0.1) is 0 Å². The molecule has 106 valence electrons. The molecule has 0 saturated heterocycles. The molecular formula is C16H20ClN3. The normalized spacial score (nSPS) is 10.3. The van der Waals surface area contributed by atoms with Crippen molar-refractivity contribution in [1.82, 2.24) is 4.98 Å². The van der Waals surface area contributed by atoms with Gasteiger partial charge in [-0.25, -0.2) is 4.98 Å². The Labute approximate surface area is 125 Å². The summed E-state index contributed by atoms with van der Waals surface area (Å²) < 4.78 is 0. The average molecular weight is 290 g/mol. The Morgan fingerprint density at radius 1 is 1.20 bits per heavy atom. The van der Waals surface area contributed by atoms with Crippen molar-refractivity contribution in [3.05, 3.63) is 53.2 Å². The van der Waals surface area contributed by atoms with E-state index in [0.717, 1.165) is 36.0 Å². The van der Waals surface area contributed by atoms with E-state index in [4.69, 9.17) is 11.6 Å². The third kappa shape index (κ3) is 4.14. The molecule has 1 aromatic carbocycles. The van der Waals surface area contributed by atoms with Gasteiger partial charge in [0.15, 0.2) is 0 Å². The van der Waals surface area contributed by atoms with Crippen molar-refractivity contribution >= 4 is 23.1 Å². The van der Waals surface area contributed by atoms with Gasteiger partial charge < -0.3 is 10.2 Å². The fraction of sp³-hybridized carbons (Fsp3) is 0.312. The van der Waals surface area contributed by atoms with Crippen molar-refractivity contribution in [2.75, 3.05) is 23.8 Å².